The fourth-order valence-electron chi connectivity index (χ4n) is 5.16. The maximum absolute atomic E-state index is 11.4. The number of anilines is 3. The fraction of sp³-hybridized carbons (Fsp3) is 0.560. The molecule has 5 rings (SSSR count). The van der Waals surface area contributed by atoms with Crippen molar-refractivity contribution in [1.29, 1.82) is 0 Å². The van der Waals surface area contributed by atoms with Crippen LogP contribution in [0.4, 0.5) is 17.5 Å². The number of morpholine rings is 1. The molecule has 1 saturated carbocycles. The number of aryl methyl sites for hydroxylation is 1. The standard InChI is InChI=1S/C25H34BrN7O3S/c1-37(34,35)14-2-9-33-17-20(16-27-33)29-25-30-23-8-3-18(26)15-22(23)24(31-25)28-19-4-6-21(7-5-19)32-10-12-36-13-11-32/h3,8,15-17,19,21H,2,4-7,9-14H2,1H3,(H2,28,29,30,31)/t19-,21-. The van der Waals surface area contributed by atoms with Crippen LogP contribution in [0, 0.1) is 0 Å². The number of rotatable bonds is 9. The van der Waals surface area contributed by atoms with Gasteiger partial charge in [0.1, 0.15) is 15.7 Å². The Morgan fingerprint density at radius 2 is 1.92 bits per heavy atom. The van der Waals surface area contributed by atoms with E-state index in [4.69, 9.17) is 14.7 Å². The zero-order valence-electron chi connectivity index (χ0n) is 21.1. The Morgan fingerprint density at radius 3 is 2.68 bits per heavy atom. The van der Waals surface area contributed by atoms with Crippen molar-refractivity contribution in [2.24, 2.45) is 0 Å². The minimum atomic E-state index is -2.98. The zero-order chi connectivity index (χ0) is 25.8. The SMILES string of the molecule is CS(=O)(=O)CCCn1cc(Nc2nc(N[C@H]3CC[C@H](N4CCOCC4)CC3)c3cc(Br)ccc3n2)cn1. The Balaban J connectivity index is 1.27. The van der Waals surface area contributed by atoms with E-state index in [9.17, 15) is 8.42 Å². The molecular formula is C25H34BrN7O3S. The highest BCUT2D eigenvalue weighted by Gasteiger charge is 2.27. The van der Waals surface area contributed by atoms with Crippen molar-refractivity contribution >= 4 is 54.1 Å². The van der Waals surface area contributed by atoms with Crippen molar-refractivity contribution in [2.75, 3.05) is 48.9 Å². The van der Waals surface area contributed by atoms with Crippen LogP contribution in [0.5, 0.6) is 0 Å². The van der Waals surface area contributed by atoms with Gasteiger partial charge in [0.2, 0.25) is 5.95 Å². The van der Waals surface area contributed by atoms with Gasteiger partial charge in [-0.25, -0.2) is 13.4 Å². The Bertz CT molecular complexity index is 1320. The average Bonchev–Trinajstić information content (AvgIpc) is 3.31. The van der Waals surface area contributed by atoms with Gasteiger partial charge in [-0.1, -0.05) is 15.9 Å². The lowest BCUT2D eigenvalue weighted by molar-refractivity contribution is 0.00791. The molecule has 200 valence electrons. The smallest absolute Gasteiger partial charge is 0.229 e. The maximum atomic E-state index is 11.4. The average molecular weight is 593 g/mol. The second kappa shape index (κ2) is 11.6. The lowest BCUT2D eigenvalue weighted by Gasteiger charge is -2.39. The molecule has 0 spiro atoms. The van der Waals surface area contributed by atoms with Gasteiger partial charge in [0.15, 0.2) is 0 Å². The molecule has 1 aliphatic carbocycles. The van der Waals surface area contributed by atoms with Gasteiger partial charge in [-0.3, -0.25) is 9.58 Å². The summed E-state index contributed by atoms with van der Waals surface area (Å²) >= 11 is 3.59. The number of nitrogens with one attached hydrogen (secondary N) is 2. The van der Waals surface area contributed by atoms with Gasteiger partial charge < -0.3 is 15.4 Å². The summed E-state index contributed by atoms with van der Waals surface area (Å²) in [7, 11) is -2.98. The van der Waals surface area contributed by atoms with E-state index in [1.54, 1.807) is 10.9 Å². The molecule has 1 aliphatic heterocycles. The molecule has 0 radical (unpaired) electrons. The second-order valence-corrected chi connectivity index (χ2v) is 13.1. The van der Waals surface area contributed by atoms with Gasteiger partial charge in [0.05, 0.1) is 36.4 Å². The second-order valence-electron chi connectivity index (χ2n) is 9.96. The maximum Gasteiger partial charge on any atom is 0.229 e. The van der Waals surface area contributed by atoms with Gasteiger partial charge in [0, 0.05) is 54.0 Å². The molecule has 3 aromatic rings. The van der Waals surface area contributed by atoms with Crippen LogP contribution in [0.1, 0.15) is 32.1 Å². The van der Waals surface area contributed by atoms with Crippen molar-refractivity contribution in [3.63, 3.8) is 0 Å². The Labute approximate surface area is 226 Å². The number of ether oxygens (including phenoxy) is 1. The minimum absolute atomic E-state index is 0.141. The van der Waals surface area contributed by atoms with Crippen LogP contribution in [0.2, 0.25) is 0 Å². The zero-order valence-corrected chi connectivity index (χ0v) is 23.5. The summed E-state index contributed by atoms with van der Waals surface area (Å²) in [5.41, 5.74) is 1.61. The normalized spacial score (nSPS) is 21.2. The van der Waals surface area contributed by atoms with Crippen LogP contribution < -0.4 is 10.6 Å². The highest BCUT2D eigenvalue weighted by Crippen LogP contribution is 2.30. The van der Waals surface area contributed by atoms with Crippen LogP contribution in [0.3, 0.4) is 0 Å². The molecule has 37 heavy (non-hydrogen) atoms. The Hall–Kier alpha value is -2.28. The molecule has 3 heterocycles. The van der Waals surface area contributed by atoms with E-state index < -0.39 is 9.84 Å². The quantitative estimate of drug-likeness (QED) is 0.383. The van der Waals surface area contributed by atoms with E-state index in [1.165, 1.54) is 19.1 Å². The van der Waals surface area contributed by atoms with E-state index in [0.29, 0.717) is 31.0 Å². The summed E-state index contributed by atoms with van der Waals surface area (Å²) in [5.74, 6) is 1.46. The number of hydrogen-bond donors (Lipinski definition) is 2. The fourth-order valence-corrected chi connectivity index (χ4v) is 6.17. The molecule has 1 aromatic carbocycles. The van der Waals surface area contributed by atoms with Crippen molar-refractivity contribution in [3.05, 3.63) is 35.1 Å². The first-order valence-electron chi connectivity index (χ1n) is 12.9. The van der Waals surface area contributed by atoms with E-state index in [0.717, 1.165) is 66.0 Å². The number of benzene rings is 1. The molecule has 2 aromatic heterocycles. The summed E-state index contributed by atoms with van der Waals surface area (Å²) in [5, 5.41) is 12.3. The summed E-state index contributed by atoms with van der Waals surface area (Å²) in [6.07, 6.45) is 9.87. The summed E-state index contributed by atoms with van der Waals surface area (Å²) in [4.78, 5) is 12.2. The number of nitrogens with zero attached hydrogens (tertiary/aromatic N) is 5. The summed E-state index contributed by atoms with van der Waals surface area (Å²) in [6.45, 7) is 4.29. The van der Waals surface area contributed by atoms with Crippen molar-refractivity contribution in [1.82, 2.24) is 24.6 Å². The molecule has 10 nitrogen and oxygen atoms in total. The largest absolute Gasteiger partial charge is 0.379 e. The van der Waals surface area contributed by atoms with Crippen molar-refractivity contribution in [2.45, 2.75) is 50.7 Å². The summed E-state index contributed by atoms with van der Waals surface area (Å²) < 4.78 is 31.0. The predicted octanol–water partition coefficient (Wildman–Crippen LogP) is 3.82. The van der Waals surface area contributed by atoms with Crippen LogP contribution in [0.15, 0.2) is 35.1 Å². The number of hydrogen-bond acceptors (Lipinski definition) is 9. The molecule has 2 aliphatic rings. The predicted molar refractivity (Wildman–Crippen MR) is 149 cm³/mol. The lowest BCUT2D eigenvalue weighted by atomic mass is 9.90. The topological polar surface area (TPSA) is 114 Å². The van der Waals surface area contributed by atoms with Crippen LogP contribution in [-0.4, -0.2) is 83.5 Å². The highest BCUT2D eigenvalue weighted by atomic mass is 79.9. The van der Waals surface area contributed by atoms with Crippen LogP contribution in [0.25, 0.3) is 10.9 Å². The summed E-state index contributed by atoms with van der Waals surface area (Å²) in [6, 6.07) is 7.03. The first kappa shape index (κ1) is 26.3. The van der Waals surface area contributed by atoms with E-state index >= 15 is 0 Å². The van der Waals surface area contributed by atoms with Crippen LogP contribution in [-0.2, 0) is 21.1 Å². The number of halogens is 1. The molecule has 0 amide bonds. The third-order valence-electron chi connectivity index (χ3n) is 7.05. The van der Waals surface area contributed by atoms with Gasteiger partial charge in [-0.2, -0.15) is 10.1 Å². The molecule has 12 heteroatoms. The third-order valence-corrected chi connectivity index (χ3v) is 8.57. The van der Waals surface area contributed by atoms with E-state index in [-0.39, 0.29) is 5.75 Å². The highest BCUT2D eigenvalue weighted by molar-refractivity contribution is 9.10. The van der Waals surface area contributed by atoms with E-state index in [2.05, 4.69) is 42.6 Å². The molecule has 1 saturated heterocycles. The van der Waals surface area contributed by atoms with Crippen molar-refractivity contribution in [3.8, 4) is 0 Å². The molecule has 0 atom stereocenters. The van der Waals surface area contributed by atoms with Gasteiger partial charge in [-0.15, -0.1) is 0 Å². The van der Waals surface area contributed by atoms with Gasteiger partial charge >= 0.3 is 0 Å². The molecule has 0 unspecified atom stereocenters. The van der Waals surface area contributed by atoms with Crippen molar-refractivity contribution < 1.29 is 13.2 Å². The monoisotopic (exact) mass is 591 g/mol. The first-order chi connectivity index (χ1) is 17.8. The van der Waals surface area contributed by atoms with Gasteiger partial charge in [0.25, 0.3) is 0 Å². The number of aromatic nitrogens is 4. The third kappa shape index (κ3) is 7.18. The molecular weight excluding hydrogens is 558 g/mol. The van der Waals surface area contributed by atoms with E-state index in [1.807, 2.05) is 18.3 Å². The molecule has 2 N–H and O–H groups in total. The van der Waals surface area contributed by atoms with Crippen LogP contribution >= 0.6 is 15.9 Å². The first-order valence-corrected chi connectivity index (χ1v) is 15.7. The number of sulfone groups is 1. The Kier molecular flexibility index (Phi) is 8.28. The Morgan fingerprint density at radius 1 is 1.14 bits per heavy atom. The van der Waals surface area contributed by atoms with Gasteiger partial charge in [-0.05, 0) is 50.3 Å². The molecule has 0 bridgehead atoms. The molecule has 2 fully saturated rings. The number of fused-ring (bicyclic) bond motifs is 1. The lowest BCUT2D eigenvalue weighted by Crippen LogP contribution is -2.46. The minimum Gasteiger partial charge on any atom is -0.379 e.